The summed E-state index contributed by atoms with van der Waals surface area (Å²) in [7, 11) is 0. The lowest BCUT2D eigenvalue weighted by Gasteiger charge is -2.12. The van der Waals surface area contributed by atoms with Crippen molar-refractivity contribution in [1.82, 2.24) is 9.55 Å². The molecule has 0 spiro atoms. The molecule has 0 fully saturated rings. The molecular weight excluding hydrogens is 372 g/mol. The third kappa shape index (κ3) is 2.51. The Balaban J connectivity index is 1.67. The largest absolute Gasteiger partial charge is 0.292 e. The summed E-state index contributed by atoms with van der Waals surface area (Å²) in [6, 6.07) is 28.2. The lowest BCUT2D eigenvalue weighted by atomic mass is 10.1. The molecule has 0 N–H and O–H groups in total. The maximum atomic E-state index is 7.74. The van der Waals surface area contributed by atoms with Crippen molar-refractivity contribution in [2.75, 3.05) is 0 Å². The zero-order valence-electron chi connectivity index (χ0n) is 18.5. The van der Waals surface area contributed by atoms with Gasteiger partial charge in [0.15, 0.2) is 0 Å². The average Bonchev–Trinajstić information content (AvgIpc) is 3.39. The molecule has 0 aliphatic carbocycles. The van der Waals surface area contributed by atoms with Crippen LogP contribution in [0, 0.1) is 6.85 Å². The van der Waals surface area contributed by atoms with Crippen LogP contribution < -0.4 is 0 Å². The standard InChI is InChI=1S/C26H18N2S/c1-17-13-14-20-21(16-29-25(20)15-17)26-27-22-10-4-5-11-24(22)28(26)23-12-6-8-18-7-2-3-9-19(18)23/h2-16H,1H3/i1D3. The number of imidazole rings is 1. The average molecular weight is 394 g/mol. The summed E-state index contributed by atoms with van der Waals surface area (Å²) in [5.74, 6) is 0.857. The molecular formula is C26H18N2S. The Morgan fingerprint density at radius 2 is 1.72 bits per heavy atom. The van der Waals surface area contributed by atoms with Crippen LogP contribution in [0.25, 0.3) is 49.0 Å². The Morgan fingerprint density at radius 3 is 2.69 bits per heavy atom. The predicted octanol–water partition coefficient (Wildman–Crippen LogP) is 7.37. The highest BCUT2D eigenvalue weighted by atomic mass is 32.1. The smallest absolute Gasteiger partial charge is 0.147 e. The summed E-state index contributed by atoms with van der Waals surface area (Å²) in [5.41, 5.74) is 4.41. The zero-order chi connectivity index (χ0) is 21.9. The third-order valence-electron chi connectivity index (χ3n) is 5.38. The van der Waals surface area contributed by atoms with E-state index < -0.39 is 6.85 Å². The highest BCUT2D eigenvalue weighted by Gasteiger charge is 2.18. The Hall–Kier alpha value is -3.43. The lowest BCUT2D eigenvalue weighted by molar-refractivity contribution is 1.12. The summed E-state index contributed by atoms with van der Waals surface area (Å²) in [6.45, 7) is -2.12. The first kappa shape index (κ1) is 13.7. The van der Waals surface area contributed by atoms with Crippen molar-refractivity contribution in [3.05, 3.63) is 95.9 Å². The molecule has 0 unspecified atom stereocenters. The molecule has 2 aromatic heterocycles. The number of fused-ring (bicyclic) bond motifs is 3. The van der Waals surface area contributed by atoms with Gasteiger partial charge in [0.2, 0.25) is 0 Å². The quantitative estimate of drug-likeness (QED) is 0.300. The van der Waals surface area contributed by atoms with Crippen LogP contribution in [-0.2, 0) is 0 Å². The van der Waals surface area contributed by atoms with Crippen LogP contribution in [0.3, 0.4) is 0 Å². The van der Waals surface area contributed by atoms with Crippen molar-refractivity contribution in [2.24, 2.45) is 0 Å². The van der Waals surface area contributed by atoms with Gasteiger partial charge in [0, 0.05) is 30.5 Å². The molecule has 0 saturated carbocycles. The summed E-state index contributed by atoms with van der Waals surface area (Å²) >= 11 is 1.55. The second-order valence-electron chi connectivity index (χ2n) is 7.12. The van der Waals surface area contributed by atoms with Crippen molar-refractivity contribution in [1.29, 1.82) is 0 Å². The molecule has 29 heavy (non-hydrogen) atoms. The van der Waals surface area contributed by atoms with Crippen molar-refractivity contribution < 1.29 is 4.11 Å². The summed E-state index contributed by atoms with van der Waals surface area (Å²) < 4.78 is 26.4. The second-order valence-corrected chi connectivity index (χ2v) is 8.03. The van der Waals surface area contributed by atoms with Gasteiger partial charge in [-0.25, -0.2) is 4.98 Å². The van der Waals surface area contributed by atoms with Crippen molar-refractivity contribution in [3.63, 3.8) is 0 Å². The first-order valence-corrected chi connectivity index (χ1v) is 10.4. The number of hydrogen-bond acceptors (Lipinski definition) is 2. The van der Waals surface area contributed by atoms with Crippen molar-refractivity contribution >= 4 is 43.2 Å². The minimum absolute atomic E-state index is 0.362. The Bertz CT molecular complexity index is 1620. The molecule has 138 valence electrons. The normalized spacial score (nSPS) is 13.6. The second kappa shape index (κ2) is 6.29. The van der Waals surface area contributed by atoms with E-state index in [2.05, 4.69) is 52.4 Å². The van der Waals surface area contributed by atoms with E-state index in [-0.39, 0.29) is 0 Å². The maximum absolute atomic E-state index is 7.74. The highest BCUT2D eigenvalue weighted by molar-refractivity contribution is 7.17. The zero-order valence-corrected chi connectivity index (χ0v) is 16.3. The molecule has 0 atom stereocenters. The predicted molar refractivity (Wildman–Crippen MR) is 124 cm³/mol. The van der Waals surface area contributed by atoms with Gasteiger partial charge >= 0.3 is 0 Å². The minimum Gasteiger partial charge on any atom is -0.292 e. The van der Waals surface area contributed by atoms with Crippen LogP contribution >= 0.6 is 11.3 Å². The van der Waals surface area contributed by atoms with Gasteiger partial charge in [-0.15, -0.1) is 11.3 Å². The van der Waals surface area contributed by atoms with E-state index in [1.165, 1.54) is 5.39 Å². The number of thiophene rings is 1. The van der Waals surface area contributed by atoms with Gasteiger partial charge < -0.3 is 0 Å². The van der Waals surface area contributed by atoms with Gasteiger partial charge in [-0.1, -0.05) is 60.7 Å². The summed E-state index contributed by atoms with van der Waals surface area (Å²) in [5, 5.41) is 5.42. The lowest BCUT2D eigenvalue weighted by Crippen LogP contribution is -1.98. The maximum Gasteiger partial charge on any atom is 0.147 e. The summed E-state index contributed by atoms with van der Waals surface area (Å²) in [6.07, 6.45) is 0. The van der Waals surface area contributed by atoms with Gasteiger partial charge in [-0.3, -0.25) is 4.57 Å². The van der Waals surface area contributed by atoms with E-state index in [0.717, 1.165) is 43.6 Å². The van der Waals surface area contributed by atoms with Crippen molar-refractivity contribution in [3.8, 4) is 17.1 Å². The van der Waals surface area contributed by atoms with Crippen LogP contribution in [-0.4, -0.2) is 9.55 Å². The van der Waals surface area contributed by atoms with Gasteiger partial charge in [0.25, 0.3) is 0 Å². The molecule has 3 heteroatoms. The van der Waals surface area contributed by atoms with E-state index in [1.807, 2.05) is 30.3 Å². The highest BCUT2D eigenvalue weighted by Crippen LogP contribution is 2.38. The number of rotatable bonds is 2. The molecule has 6 aromatic rings. The molecule has 2 nitrogen and oxygen atoms in total. The monoisotopic (exact) mass is 393 g/mol. The molecule has 4 aromatic carbocycles. The Labute approximate surface area is 176 Å². The van der Waals surface area contributed by atoms with Crippen LogP contribution in [0.15, 0.2) is 90.3 Å². The van der Waals surface area contributed by atoms with Crippen LogP contribution in [0.5, 0.6) is 0 Å². The molecule has 0 aliphatic heterocycles. The molecule has 0 radical (unpaired) electrons. The molecule has 6 rings (SSSR count). The fourth-order valence-corrected chi connectivity index (χ4v) is 5.03. The van der Waals surface area contributed by atoms with Crippen LogP contribution in [0.2, 0.25) is 0 Å². The number of benzene rings is 4. The van der Waals surface area contributed by atoms with E-state index in [9.17, 15) is 0 Å². The topological polar surface area (TPSA) is 17.8 Å². The van der Waals surface area contributed by atoms with Gasteiger partial charge in [-0.05, 0) is 42.1 Å². The molecule has 2 heterocycles. The number of nitrogens with zero attached hydrogens (tertiary/aromatic N) is 2. The molecule has 0 saturated heterocycles. The number of para-hydroxylation sites is 2. The SMILES string of the molecule is [2H]C([2H])([2H])c1ccc2c(-c3nc4ccccc4n3-c3cccc4ccccc34)csc2c1. The number of aromatic nitrogens is 2. The molecule has 0 bridgehead atoms. The minimum atomic E-state index is -2.12. The molecule has 0 aliphatic rings. The van der Waals surface area contributed by atoms with Gasteiger partial charge in [-0.2, -0.15) is 0 Å². The fourth-order valence-electron chi connectivity index (χ4n) is 4.06. The van der Waals surface area contributed by atoms with E-state index >= 15 is 0 Å². The summed E-state index contributed by atoms with van der Waals surface area (Å²) in [4.78, 5) is 5.02. The van der Waals surface area contributed by atoms with E-state index in [0.29, 0.717) is 5.56 Å². The van der Waals surface area contributed by atoms with Crippen LogP contribution in [0.4, 0.5) is 0 Å². The van der Waals surface area contributed by atoms with E-state index in [4.69, 9.17) is 9.10 Å². The van der Waals surface area contributed by atoms with E-state index in [1.54, 1.807) is 23.5 Å². The van der Waals surface area contributed by atoms with Crippen LogP contribution in [0.1, 0.15) is 9.68 Å². The molecule has 0 amide bonds. The van der Waals surface area contributed by atoms with Crippen molar-refractivity contribution in [2.45, 2.75) is 6.85 Å². The Kier molecular flexibility index (Phi) is 2.97. The third-order valence-corrected chi connectivity index (χ3v) is 6.33. The number of aryl methyl sites for hydroxylation is 1. The van der Waals surface area contributed by atoms with Gasteiger partial charge in [0.1, 0.15) is 5.82 Å². The van der Waals surface area contributed by atoms with Gasteiger partial charge in [0.05, 0.1) is 16.7 Å². The Morgan fingerprint density at radius 1 is 0.862 bits per heavy atom. The first-order chi connectivity index (χ1) is 15.5. The first-order valence-electron chi connectivity index (χ1n) is 11.0. The number of hydrogen-bond donors (Lipinski definition) is 0. The fraction of sp³-hybridized carbons (Fsp3) is 0.0385.